The van der Waals surface area contributed by atoms with E-state index in [-0.39, 0.29) is 12.1 Å². The highest BCUT2D eigenvalue weighted by Gasteiger charge is 2.17. The number of rotatable bonds is 2. The van der Waals surface area contributed by atoms with Gasteiger partial charge in [-0.25, -0.2) is 4.79 Å². The van der Waals surface area contributed by atoms with Crippen molar-refractivity contribution in [2.45, 2.75) is 45.7 Å². The van der Waals surface area contributed by atoms with E-state index in [0.717, 1.165) is 25.9 Å². The number of hydrogen-bond acceptors (Lipinski definition) is 3. The van der Waals surface area contributed by atoms with Crippen molar-refractivity contribution < 1.29 is 14.7 Å². The summed E-state index contributed by atoms with van der Waals surface area (Å²) < 4.78 is 0. The first-order chi connectivity index (χ1) is 7.84. The van der Waals surface area contributed by atoms with Crippen LogP contribution in [-0.2, 0) is 4.79 Å². The first-order valence-corrected chi connectivity index (χ1v) is 5.88. The topological polar surface area (TPSA) is 95.7 Å². The molecule has 0 aromatic carbocycles. The van der Waals surface area contributed by atoms with Crippen LogP contribution in [0.4, 0.5) is 4.79 Å². The summed E-state index contributed by atoms with van der Waals surface area (Å²) in [6.45, 7) is 7.24. The molecule has 100 valence electrons. The summed E-state index contributed by atoms with van der Waals surface area (Å²) >= 11 is 0. The van der Waals surface area contributed by atoms with E-state index in [9.17, 15) is 9.59 Å². The van der Waals surface area contributed by atoms with Gasteiger partial charge >= 0.3 is 12.0 Å². The van der Waals surface area contributed by atoms with Gasteiger partial charge < -0.3 is 21.1 Å². The Balaban J connectivity index is 0.000000366. The van der Waals surface area contributed by atoms with E-state index in [1.165, 1.54) is 6.92 Å². The van der Waals surface area contributed by atoms with E-state index in [2.05, 4.69) is 5.32 Å². The number of carboxylic acids is 1. The molecule has 0 spiro atoms. The molecule has 2 amide bonds. The molecule has 0 aromatic heterocycles. The van der Waals surface area contributed by atoms with Crippen molar-refractivity contribution >= 4 is 12.0 Å². The Bertz CT molecular complexity index is 248. The van der Waals surface area contributed by atoms with Gasteiger partial charge in [0, 0.05) is 19.1 Å². The number of hydrogen-bond donors (Lipinski definition) is 3. The molecule has 1 heterocycles. The number of nitrogens with two attached hydrogens (primary N) is 1. The van der Waals surface area contributed by atoms with Crippen LogP contribution in [0.5, 0.6) is 0 Å². The monoisotopic (exact) mass is 245 g/mol. The Morgan fingerprint density at radius 2 is 1.65 bits per heavy atom. The lowest BCUT2D eigenvalue weighted by atomic mass is 10.4. The smallest absolute Gasteiger partial charge is 0.320 e. The molecule has 1 fully saturated rings. The molecule has 0 saturated carbocycles. The number of nitrogens with zero attached hydrogens (tertiary/aromatic N) is 1. The number of nitrogens with one attached hydrogen (secondary N) is 1. The molecule has 4 N–H and O–H groups in total. The normalized spacial score (nSPS) is 16.2. The zero-order valence-corrected chi connectivity index (χ0v) is 10.8. The number of carbonyl (C=O) groups is 2. The van der Waals surface area contributed by atoms with Crippen molar-refractivity contribution in [3.63, 3.8) is 0 Å². The molecular weight excluding hydrogens is 222 g/mol. The van der Waals surface area contributed by atoms with Gasteiger partial charge in [0.25, 0.3) is 0 Å². The van der Waals surface area contributed by atoms with Crippen molar-refractivity contribution in [1.82, 2.24) is 10.2 Å². The van der Waals surface area contributed by atoms with E-state index in [4.69, 9.17) is 10.8 Å². The van der Waals surface area contributed by atoms with Gasteiger partial charge in [-0.2, -0.15) is 0 Å². The molecule has 6 nitrogen and oxygen atoms in total. The highest BCUT2D eigenvalue weighted by Crippen LogP contribution is 2.06. The van der Waals surface area contributed by atoms with Crippen LogP contribution in [0, 0.1) is 0 Å². The minimum atomic E-state index is -0.963. The van der Waals surface area contributed by atoms with Gasteiger partial charge in [-0.3, -0.25) is 4.79 Å². The summed E-state index contributed by atoms with van der Waals surface area (Å²) in [7, 11) is 0. The molecule has 1 rings (SSSR count). The van der Waals surface area contributed by atoms with Crippen molar-refractivity contribution in [2.24, 2.45) is 5.73 Å². The summed E-state index contributed by atoms with van der Waals surface area (Å²) in [5.41, 5.74) is 4.84. The predicted molar refractivity (Wildman–Crippen MR) is 65.8 cm³/mol. The Labute approximate surface area is 102 Å². The zero-order valence-electron chi connectivity index (χ0n) is 10.8. The third-order valence-electron chi connectivity index (χ3n) is 2.19. The van der Waals surface area contributed by atoms with E-state index < -0.39 is 12.0 Å². The molecule has 1 aliphatic rings. The standard InChI is InChI=1S/C8H16N2O.C3H7NO2/c1-7(2)9-8(11)10-5-3-4-6-10;1-2(4)3(5)6/h7H,3-6H2,1-2H3,(H,9,11);2H,4H2,1H3,(H,5,6)/t;2-/m.0/s1. The van der Waals surface area contributed by atoms with Gasteiger partial charge in [-0.05, 0) is 33.6 Å². The lowest BCUT2D eigenvalue weighted by molar-refractivity contribution is -0.138. The fraction of sp³-hybridized carbons (Fsp3) is 0.818. The van der Waals surface area contributed by atoms with Crippen molar-refractivity contribution in [3.8, 4) is 0 Å². The van der Waals surface area contributed by atoms with Crippen LogP contribution in [0.2, 0.25) is 0 Å². The molecule has 0 unspecified atom stereocenters. The van der Waals surface area contributed by atoms with Gasteiger partial charge in [0.05, 0.1) is 0 Å². The van der Waals surface area contributed by atoms with Crippen molar-refractivity contribution in [2.75, 3.05) is 13.1 Å². The molecule has 1 atom stereocenters. The number of amides is 2. The maximum atomic E-state index is 11.3. The molecule has 0 bridgehead atoms. The van der Waals surface area contributed by atoms with E-state index in [0.29, 0.717) is 0 Å². The largest absolute Gasteiger partial charge is 0.480 e. The molecule has 0 aliphatic carbocycles. The van der Waals surface area contributed by atoms with Crippen molar-refractivity contribution in [1.29, 1.82) is 0 Å². The number of urea groups is 1. The van der Waals surface area contributed by atoms with Crippen LogP contribution < -0.4 is 11.1 Å². The summed E-state index contributed by atoms with van der Waals surface area (Å²) in [4.78, 5) is 22.7. The maximum absolute atomic E-state index is 11.3. The zero-order chi connectivity index (χ0) is 13.4. The second-order valence-corrected chi connectivity index (χ2v) is 4.43. The van der Waals surface area contributed by atoms with Gasteiger partial charge in [-0.15, -0.1) is 0 Å². The van der Waals surface area contributed by atoms with Gasteiger partial charge in [0.15, 0.2) is 0 Å². The lowest BCUT2D eigenvalue weighted by Crippen LogP contribution is -2.41. The van der Waals surface area contributed by atoms with Gasteiger partial charge in [0.1, 0.15) is 6.04 Å². The maximum Gasteiger partial charge on any atom is 0.320 e. The van der Waals surface area contributed by atoms with Crippen LogP contribution in [0.15, 0.2) is 0 Å². The van der Waals surface area contributed by atoms with E-state index in [1.807, 2.05) is 18.7 Å². The molecule has 17 heavy (non-hydrogen) atoms. The Morgan fingerprint density at radius 1 is 1.24 bits per heavy atom. The molecule has 0 radical (unpaired) electrons. The molecule has 0 aromatic rings. The third kappa shape index (κ3) is 7.57. The fourth-order valence-electron chi connectivity index (χ4n) is 1.26. The first kappa shape index (κ1) is 15.7. The average Bonchev–Trinajstić information content (AvgIpc) is 2.69. The number of carbonyl (C=O) groups excluding carboxylic acids is 1. The number of likely N-dealkylation sites (tertiary alicyclic amines) is 1. The second-order valence-electron chi connectivity index (χ2n) is 4.43. The lowest BCUT2D eigenvalue weighted by Gasteiger charge is -2.17. The average molecular weight is 245 g/mol. The number of carboxylic acid groups (broad SMARTS) is 1. The Hall–Kier alpha value is -1.30. The summed E-state index contributed by atoms with van der Waals surface area (Å²) in [6.07, 6.45) is 2.32. The molecular formula is C11H23N3O3. The fourth-order valence-corrected chi connectivity index (χ4v) is 1.26. The highest BCUT2D eigenvalue weighted by atomic mass is 16.4. The Kier molecular flexibility index (Phi) is 7.29. The minimum absolute atomic E-state index is 0.0949. The minimum Gasteiger partial charge on any atom is -0.480 e. The van der Waals surface area contributed by atoms with Gasteiger partial charge in [0.2, 0.25) is 0 Å². The molecule has 1 saturated heterocycles. The van der Waals surface area contributed by atoms with E-state index in [1.54, 1.807) is 0 Å². The highest BCUT2D eigenvalue weighted by molar-refractivity contribution is 5.74. The SMILES string of the molecule is CC(C)NC(=O)N1CCCC1.C[C@H](N)C(=O)O. The Morgan fingerprint density at radius 3 is 1.94 bits per heavy atom. The summed E-state index contributed by atoms with van der Waals surface area (Å²) in [5.74, 6) is -0.963. The quantitative estimate of drug-likeness (QED) is 0.664. The van der Waals surface area contributed by atoms with E-state index >= 15 is 0 Å². The van der Waals surface area contributed by atoms with Crippen LogP contribution in [0.3, 0.4) is 0 Å². The predicted octanol–water partition coefficient (Wildman–Crippen LogP) is 0.618. The van der Waals surface area contributed by atoms with Crippen LogP contribution in [0.25, 0.3) is 0 Å². The second kappa shape index (κ2) is 7.89. The first-order valence-electron chi connectivity index (χ1n) is 5.88. The third-order valence-corrected chi connectivity index (χ3v) is 2.19. The van der Waals surface area contributed by atoms with Crippen molar-refractivity contribution in [3.05, 3.63) is 0 Å². The van der Waals surface area contributed by atoms with Gasteiger partial charge in [-0.1, -0.05) is 0 Å². The summed E-state index contributed by atoms with van der Waals surface area (Å²) in [6, 6.07) is -0.384. The summed E-state index contributed by atoms with van der Waals surface area (Å²) in [5, 5.41) is 10.7. The van der Waals surface area contributed by atoms with Crippen LogP contribution in [-0.4, -0.2) is 47.2 Å². The van der Waals surface area contributed by atoms with Crippen LogP contribution >= 0.6 is 0 Å². The molecule has 1 aliphatic heterocycles. The van der Waals surface area contributed by atoms with Crippen LogP contribution in [0.1, 0.15) is 33.6 Å². The molecule has 6 heteroatoms. The number of aliphatic carboxylic acids is 1.